The Labute approximate surface area is 98.0 Å². The molecule has 1 aliphatic rings. The van der Waals surface area contributed by atoms with Gasteiger partial charge in [0, 0.05) is 11.6 Å². The predicted octanol–water partition coefficient (Wildman–Crippen LogP) is 2.38. The first-order chi connectivity index (χ1) is 7.68. The molecule has 0 spiro atoms. The Morgan fingerprint density at radius 1 is 1.31 bits per heavy atom. The van der Waals surface area contributed by atoms with Crippen LogP contribution in [0.3, 0.4) is 0 Å². The van der Waals surface area contributed by atoms with Crippen LogP contribution in [0.5, 0.6) is 0 Å². The van der Waals surface area contributed by atoms with Gasteiger partial charge in [-0.2, -0.15) is 5.10 Å². The van der Waals surface area contributed by atoms with E-state index in [2.05, 4.69) is 36.3 Å². The second-order valence-electron chi connectivity index (χ2n) is 5.33. The van der Waals surface area contributed by atoms with Gasteiger partial charge in [0.25, 0.3) is 0 Å². The Kier molecular flexibility index (Phi) is 3.64. The van der Waals surface area contributed by atoms with Gasteiger partial charge in [-0.15, -0.1) is 0 Å². The Balaban J connectivity index is 2.18. The van der Waals surface area contributed by atoms with Crippen LogP contribution < -0.4 is 5.32 Å². The lowest BCUT2D eigenvalue weighted by Crippen LogP contribution is -2.27. The van der Waals surface area contributed by atoms with Crippen molar-refractivity contribution in [2.24, 2.45) is 5.92 Å². The van der Waals surface area contributed by atoms with Gasteiger partial charge in [0.15, 0.2) is 0 Å². The minimum atomic E-state index is 0.667. The van der Waals surface area contributed by atoms with Crippen LogP contribution in [0.4, 0.5) is 0 Å². The van der Waals surface area contributed by atoms with E-state index in [1.54, 1.807) is 0 Å². The third-order valence-corrected chi connectivity index (χ3v) is 3.44. The number of hydrogen-bond donors (Lipinski definition) is 2. The highest BCUT2D eigenvalue weighted by molar-refractivity contribution is 5.28. The Morgan fingerprint density at radius 2 is 2.00 bits per heavy atom. The second kappa shape index (κ2) is 5.00. The largest absolute Gasteiger partial charge is 0.317 e. The first kappa shape index (κ1) is 11.6. The highest BCUT2D eigenvalue weighted by Crippen LogP contribution is 2.29. The van der Waals surface area contributed by atoms with Crippen molar-refractivity contribution in [2.75, 3.05) is 13.1 Å². The third kappa shape index (κ3) is 2.46. The lowest BCUT2D eigenvalue weighted by molar-refractivity contribution is 0.449. The van der Waals surface area contributed by atoms with Crippen molar-refractivity contribution in [1.82, 2.24) is 15.5 Å². The molecule has 16 heavy (non-hydrogen) atoms. The highest BCUT2D eigenvalue weighted by atomic mass is 15.1. The maximum absolute atomic E-state index is 4.54. The molecule has 3 nitrogen and oxygen atoms in total. The molecular formula is C13H23N3. The summed E-state index contributed by atoms with van der Waals surface area (Å²) in [5, 5.41) is 11.1. The molecule has 0 unspecified atom stereocenters. The summed E-state index contributed by atoms with van der Waals surface area (Å²) in [4.78, 5) is 0. The monoisotopic (exact) mass is 221 g/mol. The lowest BCUT2D eigenvalue weighted by Gasteiger charge is -2.22. The first-order valence-corrected chi connectivity index (χ1v) is 6.43. The number of nitrogens with one attached hydrogen (secondary N) is 2. The molecule has 0 aromatic carbocycles. The molecule has 1 aliphatic heterocycles. The lowest BCUT2D eigenvalue weighted by atomic mass is 9.89. The molecule has 0 bridgehead atoms. The molecule has 1 saturated heterocycles. The van der Waals surface area contributed by atoms with Crippen LogP contribution >= 0.6 is 0 Å². The van der Waals surface area contributed by atoms with Gasteiger partial charge in [0.2, 0.25) is 0 Å². The normalized spacial score (nSPS) is 18.2. The van der Waals surface area contributed by atoms with E-state index in [1.807, 2.05) is 0 Å². The average molecular weight is 221 g/mol. The predicted molar refractivity (Wildman–Crippen MR) is 66.7 cm³/mol. The van der Waals surface area contributed by atoms with Crippen molar-refractivity contribution in [3.05, 3.63) is 17.0 Å². The van der Waals surface area contributed by atoms with E-state index in [1.165, 1.54) is 29.8 Å². The molecule has 0 radical (unpaired) electrons. The highest BCUT2D eigenvalue weighted by Gasteiger charge is 2.22. The van der Waals surface area contributed by atoms with E-state index < -0.39 is 0 Å². The zero-order chi connectivity index (χ0) is 11.5. The molecular weight excluding hydrogens is 198 g/mol. The fourth-order valence-electron chi connectivity index (χ4n) is 2.57. The molecule has 3 heteroatoms. The van der Waals surface area contributed by atoms with Crippen LogP contribution in [0, 0.1) is 12.8 Å². The molecule has 0 atom stereocenters. The van der Waals surface area contributed by atoms with Gasteiger partial charge in [0.1, 0.15) is 0 Å². The van der Waals surface area contributed by atoms with Crippen molar-refractivity contribution >= 4 is 0 Å². The van der Waals surface area contributed by atoms with Gasteiger partial charge >= 0.3 is 0 Å². The van der Waals surface area contributed by atoms with E-state index in [-0.39, 0.29) is 0 Å². The quantitative estimate of drug-likeness (QED) is 0.822. The molecule has 0 amide bonds. The molecule has 2 heterocycles. The number of hydrogen-bond acceptors (Lipinski definition) is 2. The van der Waals surface area contributed by atoms with Crippen molar-refractivity contribution in [1.29, 1.82) is 0 Å². The number of nitrogens with zero attached hydrogens (tertiary/aromatic N) is 1. The SMILES string of the molecule is Cc1[nH]nc(C2CCNCC2)c1CC(C)C. The van der Waals surface area contributed by atoms with Crippen LogP contribution in [0.2, 0.25) is 0 Å². The molecule has 1 aromatic rings. The topological polar surface area (TPSA) is 40.7 Å². The van der Waals surface area contributed by atoms with Crippen molar-refractivity contribution < 1.29 is 0 Å². The van der Waals surface area contributed by atoms with Crippen LogP contribution in [0.1, 0.15) is 49.6 Å². The molecule has 90 valence electrons. The number of aryl methyl sites for hydroxylation is 1. The maximum Gasteiger partial charge on any atom is 0.0688 e. The minimum absolute atomic E-state index is 0.667. The third-order valence-electron chi connectivity index (χ3n) is 3.44. The molecule has 0 aliphatic carbocycles. The van der Waals surface area contributed by atoms with E-state index in [0.29, 0.717) is 11.8 Å². The van der Waals surface area contributed by atoms with Gasteiger partial charge in [-0.3, -0.25) is 5.10 Å². The molecule has 0 saturated carbocycles. The van der Waals surface area contributed by atoms with Crippen LogP contribution in [0.25, 0.3) is 0 Å². The standard InChI is InChI=1S/C13H23N3/c1-9(2)8-12-10(3)15-16-13(12)11-4-6-14-7-5-11/h9,11,14H,4-8H2,1-3H3,(H,15,16). The van der Waals surface area contributed by atoms with Gasteiger partial charge in [-0.1, -0.05) is 13.8 Å². The van der Waals surface area contributed by atoms with E-state index in [9.17, 15) is 0 Å². The Morgan fingerprint density at radius 3 is 2.62 bits per heavy atom. The zero-order valence-electron chi connectivity index (χ0n) is 10.6. The second-order valence-corrected chi connectivity index (χ2v) is 5.33. The summed E-state index contributed by atoms with van der Waals surface area (Å²) in [5.74, 6) is 1.37. The van der Waals surface area contributed by atoms with Crippen molar-refractivity contribution in [3.63, 3.8) is 0 Å². The fraction of sp³-hybridized carbons (Fsp3) is 0.769. The summed E-state index contributed by atoms with van der Waals surface area (Å²) in [5.41, 5.74) is 4.08. The number of aromatic nitrogens is 2. The molecule has 1 fully saturated rings. The zero-order valence-corrected chi connectivity index (χ0v) is 10.6. The minimum Gasteiger partial charge on any atom is -0.317 e. The van der Waals surface area contributed by atoms with Crippen LogP contribution in [-0.2, 0) is 6.42 Å². The van der Waals surface area contributed by atoms with Gasteiger partial charge in [-0.25, -0.2) is 0 Å². The van der Waals surface area contributed by atoms with Crippen LogP contribution in [-0.4, -0.2) is 23.3 Å². The number of rotatable bonds is 3. The first-order valence-electron chi connectivity index (χ1n) is 6.43. The summed E-state index contributed by atoms with van der Waals surface area (Å²) in [6, 6.07) is 0. The molecule has 2 N–H and O–H groups in total. The molecule has 1 aromatic heterocycles. The van der Waals surface area contributed by atoms with Crippen molar-refractivity contribution in [3.8, 4) is 0 Å². The summed E-state index contributed by atoms with van der Waals surface area (Å²) in [7, 11) is 0. The summed E-state index contributed by atoms with van der Waals surface area (Å²) < 4.78 is 0. The summed E-state index contributed by atoms with van der Waals surface area (Å²) in [6.07, 6.45) is 3.62. The number of aromatic amines is 1. The Hall–Kier alpha value is -0.830. The average Bonchev–Trinajstić information content (AvgIpc) is 2.61. The Bertz CT molecular complexity index is 335. The van der Waals surface area contributed by atoms with Gasteiger partial charge < -0.3 is 5.32 Å². The number of H-pyrrole nitrogens is 1. The smallest absolute Gasteiger partial charge is 0.0688 e. The van der Waals surface area contributed by atoms with Gasteiger partial charge in [0.05, 0.1) is 5.69 Å². The van der Waals surface area contributed by atoms with E-state index in [4.69, 9.17) is 0 Å². The van der Waals surface area contributed by atoms with Crippen molar-refractivity contribution in [2.45, 2.75) is 46.0 Å². The maximum atomic E-state index is 4.54. The summed E-state index contributed by atoms with van der Waals surface area (Å²) in [6.45, 7) is 8.97. The van der Waals surface area contributed by atoms with E-state index in [0.717, 1.165) is 19.5 Å². The molecule has 2 rings (SSSR count). The summed E-state index contributed by atoms with van der Waals surface area (Å²) >= 11 is 0. The fourth-order valence-corrected chi connectivity index (χ4v) is 2.57. The van der Waals surface area contributed by atoms with Crippen LogP contribution in [0.15, 0.2) is 0 Å². The number of piperidine rings is 1. The van der Waals surface area contributed by atoms with Gasteiger partial charge in [-0.05, 0) is 50.8 Å². The van der Waals surface area contributed by atoms with E-state index >= 15 is 0 Å².